The van der Waals surface area contributed by atoms with E-state index < -0.39 is 5.82 Å². The summed E-state index contributed by atoms with van der Waals surface area (Å²) in [7, 11) is 0. The largest absolute Gasteiger partial charge is 0.292 e. The number of halogens is 1. The molecule has 1 aliphatic rings. The first-order chi connectivity index (χ1) is 12.6. The molecule has 0 atom stereocenters. The molecule has 0 saturated heterocycles. The number of carbonyl (C=O) groups excluding carboxylic acids is 1. The lowest BCUT2D eigenvalue weighted by atomic mass is 10.0. The first-order valence-corrected chi connectivity index (χ1v) is 8.60. The summed E-state index contributed by atoms with van der Waals surface area (Å²) >= 11 is 0. The average molecular weight is 348 g/mol. The Labute approximate surface area is 149 Å². The summed E-state index contributed by atoms with van der Waals surface area (Å²) in [5.41, 5.74) is 3.31. The van der Waals surface area contributed by atoms with Gasteiger partial charge >= 0.3 is 0 Å². The minimum Gasteiger partial charge on any atom is -0.292 e. The molecular weight excluding hydrogens is 331 g/mol. The van der Waals surface area contributed by atoms with Crippen LogP contribution in [-0.2, 0) is 19.4 Å². The van der Waals surface area contributed by atoms with Crippen LogP contribution in [0.4, 0.5) is 4.39 Å². The number of Topliss-reactive ketones (excluding diaryl/α,β-unsaturated/α-hetero) is 1. The van der Waals surface area contributed by atoms with Crippen molar-refractivity contribution < 1.29 is 9.18 Å². The fraction of sp³-hybridized carbons (Fsp3) is 0.190. The van der Waals surface area contributed by atoms with Gasteiger partial charge in [0.1, 0.15) is 12.4 Å². The van der Waals surface area contributed by atoms with Gasteiger partial charge in [-0.1, -0.05) is 24.3 Å². The highest BCUT2D eigenvalue weighted by Gasteiger charge is 2.15. The van der Waals surface area contributed by atoms with Crippen molar-refractivity contribution in [2.75, 3.05) is 0 Å². The zero-order valence-electron chi connectivity index (χ0n) is 14.1. The third-order valence-corrected chi connectivity index (χ3v) is 4.73. The van der Waals surface area contributed by atoms with Crippen LogP contribution in [0.2, 0.25) is 0 Å². The maximum absolute atomic E-state index is 14.0. The number of carbonyl (C=O) groups is 1. The predicted molar refractivity (Wildman–Crippen MR) is 96.7 cm³/mol. The molecule has 5 heteroatoms. The number of aromatic nitrogens is 2. The predicted octanol–water partition coefficient (Wildman–Crippen LogP) is 3.42. The standard InChI is InChI=1S/C21H17FN2O2/c22-18-7-2-1-6-17(18)19-10-11-21(26)24(23-19)13-20(25)16-9-8-14-4-3-5-15(14)12-16/h1-2,6-12H,3-5,13H2. The van der Waals surface area contributed by atoms with Gasteiger partial charge in [0.15, 0.2) is 5.78 Å². The number of ketones is 1. The molecule has 1 aliphatic carbocycles. The molecule has 0 radical (unpaired) electrons. The summed E-state index contributed by atoms with van der Waals surface area (Å²) in [6.45, 7) is -0.167. The van der Waals surface area contributed by atoms with Crippen LogP contribution in [0.3, 0.4) is 0 Å². The van der Waals surface area contributed by atoms with Gasteiger partial charge in [0.2, 0.25) is 0 Å². The normalized spacial score (nSPS) is 12.8. The molecule has 0 bridgehead atoms. The highest BCUT2D eigenvalue weighted by molar-refractivity contribution is 5.96. The summed E-state index contributed by atoms with van der Waals surface area (Å²) < 4.78 is 15.1. The molecule has 4 nitrogen and oxygen atoms in total. The fourth-order valence-corrected chi connectivity index (χ4v) is 3.35. The molecule has 0 aliphatic heterocycles. The first kappa shape index (κ1) is 16.4. The quantitative estimate of drug-likeness (QED) is 0.679. The van der Waals surface area contributed by atoms with E-state index in [1.807, 2.05) is 12.1 Å². The molecule has 0 fully saturated rings. The summed E-state index contributed by atoms with van der Waals surface area (Å²) in [4.78, 5) is 24.7. The Kier molecular flexibility index (Phi) is 4.21. The van der Waals surface area contributed by atoms with Gasteiger partial charge in [-0.3, -0.25) is 9.59 Å². The molecule has 0 spiro atoms. The van der Waals surface area contributed by atoms with E-state index in [0.717, 1.165) is 23.9 Å². The Morgan fingerprint density at radius 2 is 1.85 bits per heavy atom. The third-order valence-electron chi connectivity index (χ3n) is 4.73. The lowest BCUT2D eigenvalue weighted by Gasteiger charge is -2.08. The van der Waals surface area contributed by atoms with Crippen LogP contribution in [0.25, 0.3) is 11.3 Å². The molecule has 0 N–H and O–H groups in total. The summed E-state index contributed by atoms with van der Waals surface area (Å²) in [6.07, 6.45) is 3.14. The SMILES string of the molecule is O=C(Cn1nc(-c2ccccc2F)ccc1=O)c1ccc2c(c1)CCC2. The minimum atomic E-state index is -0.421. The van der Waals surface area contributed by atoms with Crippen molar-refractivity contribution in [2.45, 2.75) is 25.8 Å². The van der Waals surface area contributed by atoms with Crippen LogP contribution in [0, 0.1) is 5.82 Å². The van der Waals surface area contributed by atoms with Crippen molar-refractivity contribution in [1.29, 1.82) is 0 Å². The first-order valence-electron chi connectivity index (χ1n) is 8.60. The Morgan fingerprint density at radius 1 is 1.04 bits per heavy atom. The van der Waals surface area contributed by atoms with Crippen LogP contribution in [-0.4, -0.2) is 15.6 Å². The van der Waals surface area contributed by atoms with E-state index in [0.29, 0.717) is 16.8 Å². The highest BCUT2D eigenvalue weighted by Crippen LogP contribution is 2.23. The van der Waals surface area contributed by atoms with Crippen LogP contribution in [0.5, 0.6) is 0 Å². The van der Waals surface area contributed by atoms with Crippen molar-refractivity contribution in [1.82, 2.24) is 9.78 Å². The van der Waals surface area contributed by atoms with E-state index >= 15 is 0 Å². The number of hydrogen-bond donors (Lipinski definition) is 0. The number of rotatable bonds is 4. The zero-order valence-corrected chi connectivity index (χ0v) is 14.1. The molecule has 4 rings (SSSR count). The minimum absolute atomic E-state index is 0.167. The number of hydrogen-bond acceptors (Lipinski definition) is 3. The van der Waals surface area contributed by atoms with Gasteiger partial charge in [-0.15, -0.1) is 0 Å². The maximum Gasteiger partial charge on any atom is 0.267 e. The van der Waals surface area contributed by atoms with E-state index in [-0.39, 0.29) is 17.9 Å². The third kappa shape index (κ3) is 3.08. The van der Waals surface area contributed by atoms with Crippen LogP contribution < -0.4 is 5.56 Å². The van der Waals surface area contributed by atoms with Gasteiger partial charge in [-0.25, -0.2) is 9.07 Å². The molecule has 130 valence electrons. The van der Waals surface area contributed by atoms with Gasteiger partial charge in [0.05, 0.1) is 5.69 Å². The average Bonchev–Trinajstić information content (AvgIpc) is 3.12. The molecule has 0 saturated carbocycles. The lowest BCUT2D eigenvalue weighted by molar-refractivity contribution is 0.0965. The molecular formula is C21H17FN2O2. The molecule has 3 aromatic rings. The number of aryl methyl sites for hydroxylation is 2. The van der Waals surface area contributed by atoms with Crippen molar-refractivity contribution in [3.05, 3.63) is 87.5 Å². The second-order valence-corrected chi connectivity index (χ2v) is 6.45. The molecule has 0 unspecified atom stereocenters. The van der Waals surface area contributed by atoms with Crippen molar-refractivity contribution in [2.24, 2.45) is 0 Å². The van der Waals surface area contributed by atoms with Gasteiger partial charge < -0.3 is 0 Å². The Balaban J connectivity index is 1.64. The van der Waals surface area contributed by atoms with Crippen molar-refractivity contribution in [3.8, 4) is 11.3 Å². The van der Waals surface area contributed by atoms with E-state index in [1.165, 1.54) is 29.3 Å². The van der Waals surface area contributed by atoms with E-state index in [4.69, 9.17) is 0 Å². The second-order valence-electron chi connectivity index (χ2n) is 6.45. The summed E-state index contributed by atoms with van der Waals surface area (Å²) in [5.74, 6) is -0.602. The Bertz CT molecular complexity index is 1060. The zero-order chi connectivity index (χ0) is 18.1. The second kappa shape index (κ2) is 6.67. The molecule has 2 aromatic carbocycles. The Hall–Kier alpha value is -3.08. The molecule has 0 amide bonds. The van der Waals surface area contributed by atoms with E-state index in [9.17, 15) is 14.0 Å². The molecule has 1 aromatic heterocycles. The number of nitrogens with zero attached hydrogens (tertiary/aromatic N) is 2. The lowest BCUT2D eigenvalue weighted by Crippen LogP contribution is -2.26. The Morgan fingerprint density at radius 3 is 2.69 bits per heavy atom. The van der Waals surface area contributed by atoms with Crippen LogP contribution in [0.15, 0.2) is 59.4 Å². The number of benzene rings is 2. The van der Waals surface area contributed by atoms with Gasteiger partial charge in [-0.2, -0.15) is 5.10 Å². The van der Waals surface area contributed by atoms with E-state index in [2.05, 4.69) is 5.10 Å². The highest BCUT2D eigenvalue weighted by atomic mass is 19.1. The van der Waals surface area contributed by atoms with Gasteiger partial charge in [0, 0.05) is 17.2 Å². The monoisotopic (exact) mass is 348 g/mol. The van der Waals surface area contributed by atoms with Gasteiger partial charge in [-0.05, 0) is 54.7 Å². The summed E-state index contributed by atoms with van der Waals surface area (Å²) in [5, 5.41) is 4.18. The summed E-state index contributed by atoms with van der Waals surface area (Å²) in [6, 6.07) is 14.7. The smallest absolute Gasteiger partial charge is 0.267 e. The van der Waals surface area contributed by atoms with Crippen molar-refractivity contribution >= 4 is 5.78 Å². The molecule has 26 heavy (non-hydrogen) atoms. The van der Waals surface area contributed by atoms with E-state index in [1.54, 1.807) is 24.3 Å². The topological polar surface area (TPSA) is 52.0 Å². The van der Waals surface area contributed by atoms with Crippen LogP contribution in [0.1, 0.15) is 27.9 Å². The van der Waals surface area contributed by atoms with Gasteiger partial charge in [0.25, 0.3) is 5.56 Å². The molecule has 1 heterocycles. The van der Waals surface area contributed by atoms with Crippen molar-refractivity contribution in [3.63, 3.8) is 0 Å². The fourth-order valence-electron chi connectivity index (χ4n) is 3.35. The maximum atomic E-state index is 14.0. The number of fused-ring (bicyclic) bond motifs is 1. The van der Waals surface area contributed by atoms with Crippen LogP contribution >= 0.6 is 0 Å².